The van der Waals surface area contributed by atoms with E-state index in [9.17, 15) is 9.59 Å². The van der Waals surface area contributed by atoms with Gasteiger partial charge in [0.25, 0.3) is 5.91 Å². The summed E-state index contributed by atoms with van der Waals surface area (Å²) in [5.74, 6) is -0.371. The monoisotopic (exact) mass is 298 g/mol. The second kappa shape index (κ2) is 5.82. The van der Waals surface area contributed by atoms with Crippen molar-refractivity contribution in [3.63, 3.8) is 0 Å². The summed E-state index contributed by atoms with van der Waals surface area (Å²) in [6.45, 7) is 2.00. The Hall–Kier alpha value is -1.36. The molecule has 0 unspecified atom stereocenters. The zero-order chi connectivity index (χ0) is 13.0. The Balaban J connectivity index is 2.85. The Bertz CT molecular complexity index is 446. The summed E-state index contributed by atoms with van der Waals surface area (Å²) in [7, 11) is 3.15. The predicted octanol–water partition coefficient (Wildman–Crippen LogP) is 1.58. The molecule has 1 aromatic rings. The van der Waals surface area contributed by atoms with Crippen LogP contribution in [0.4, 0.5) is 0 Å². The molecule has 4 nitrogen and oxygen atoms in total. The highest BCUT2D eigenvalue weighted by Crippen LogP contribution is 2.19. The number of carbonyl (C=O) groups is 2. The summed E-state index contributed by atoms with van der Waals surface area (Å²) in [5, 5.41) is 2.48. The number of amides is 2. The van der Waals surface area contributed by atoms with Gasteiger partial charge in [0, 0.05) is 18.6 Å². The quantitative estimate of drug-likeness (QED) is 0.921. The molecule has 0 aliphatic carbocycles. The molecule has 0 saturated heterocycles. The lowest BCUT2D eigenvalue weighted by Gasteiger charge is -2.17. The molecule has 0 atom stereocenters. The van der Waals surface area contributed by atoms with Crippen LogP contribution in [-0.2, 0) is 4.79 Å². The van der Waals surface area contributed by atoms with Crippen LogP contribution < -0.4 is 5.32 Å². The fourth-order valence-corrected chi connectivity index (χ4v) is 2.03. The third-order valence-corrected chi connectivity index (χ3v) is 3.02. The fourth-order valence-electron chi connectivity index (χ4n) is 1.37. The molecule has 1 aromatic carbocycles. The van der Waals surface area contributed by atoms with Gasteiger partial charge in [-0.1, -0.05) is 6.07 Å². The van der Waals surface area contributed by atoms with E-state index >= 15 is 0 Å². The molecule has 5 heteroatoms. The van der Waals surface area contributed by atoms with Gasteiger partial charge in [-0.05, 0) is 40.5 Å². The number of rotatable bonds is 3. The minimum absolute atomic E-state index is 0.0512. The summed E-state index contributed by atoms with van der Waals surface area (Å²) in [6, 6.07) is 5.49. The number of nitrogens with one attached hydrogen (secondary N) is 1. The normalized spacial score (nSPS) is 9.88. The maximum atomic E-state index is 12.0. The van der Waals surface area contributed by atoms with Gasteiger partial charge >= 0.3 is 0 Å². The SMILES string of the molecule is CNC(=O)CN(C)C(=O)c1ccc(C)cc1Br. The second-order valence-electron chi connectivity index (χ2n) is 3.82. The van der Waals surface area contributed by atoms with Crippen molar-refractivity contribution in [3.8, 4) is 0 Å². The van der Waals surface area contributed by atoms with Crippen LogP contribution in [0.5, 0.6) is 0 Å². The van der Waals surface area contributed by atoms with E-state index in [2.05, 4.69) is 21.2 Å². The Morgan fingerprint density at radius 2 is 2.06 bits per heavy atom. The van der Waals surface area contributed by atoms with Crippen LogP contribution in [0.15, 0.2) is 22.7 Å². The molecular weight excluding hydrogens is 284 g/mol. The summed E-state index contributed by atoms with van der Waals surface area (Å²) < 4.78 is 0.742. The van der Waals surface area contributed by atoms with Crippen LogP contribution in [0, 0.1) is 6.92 Å². The first kappa shape index (κ1) is 13.7. The smallest absolute Gasteiger partial charge is 0.255 e. The van der Waals surface area contributed by atoms with Crippen LogP contribution in [0.25, 0.3) is 0 Å². The molecule has 0 bridgehead atoms. The van der Waals surface area contributed by atoms with E-state index in [4.69, 9.17) is 0 Å². The number of hydrogen-bond donors (Lipinski definition) is 1. The Kier molecular flexibility index (Phi) is 4.69. The molecule has 0 spiro atoms. The van der Waals surface area contributed by atoms with Gasteiger partial charge in [-0.15, -0.1) is 0 Å². The number of nitrogens with zero attached hydrogens (tertiary/aromatic N) is 1. The number of halogens is 1. The number of benzene rings is 1. The van der Waals surface area contributed by atoms with Crippen LogP contribution in [0.3, 0.4) is 0 Å². The highest BCUT2D eigenvalue weighted by atomic mass is 79.9. The molecule has 0 fully saturated rings. The van der Waals surface area contributed by atoms with Crippen LogP contribution >= 0.6 is 15.9 Å². The first-order chi connectivity index (χ1) is 7.95. The largest absolute Gasteiger partial charge is 0.358 e. The molecular formula is C12H15BrN2O2. The Morgan fingerprint density at radius 1 is 1.41 bits per heavy atom. The molecule has 0 aromatic heterocycles. The van der Waals surface area contributed by atoms with Crippen molar-refractivity contribution in [1.82, 2.24) is 10.2 Å². The van der Waals surface area contributed by atoms with E-state index in [1.807, 2.05) is 19.1 Å². The number of aryl methyl sites for hydroxylation is 1. The number of likely N-dealkylation sites (N-methyl/N-ethyl adjacent to an activating group) is 2. The summed E-state index contributed by atoms with van der Waals surface area (Å²) >= 11 is 3.35. The van der Waals surface area contributed by atoms with Gasteiger partial charge in [-0.2, -0.15) is 0 Å². The van der Waals surface area contributed by atoms with Gasteiger partial charge in [0.05, 0.1) is 12.1 Å². The van der Waals surface area contributed by atoms with Crippen molar-refractivity contribution in [2.75, 3.05) is 20.6 Å². The summed E-state index contributed by atoms with van der Waals surface area (Å²) in [5.41, 5.74) is 1.63. The van der Waals surface area contributed by atoms with Gasteiger partial charge in [0.2, 0.25) is 5.91 Å². The van der Waals surface area contributed by atoms with Gasteiger partial charge < -0.3 is 10.2 Å². The molecule has 17 heavy (non-hydrogen) atoms. The maximum absolute atomic E-state index is 12.0. The molecule has 0 radical (unpaired) electrons. The van der Waals surface area contributed by atoms with E-state index in [0.29, 0.717) is 5.56 Å². The standard InChI is InChI=1S/C12H15BrN2O2/c1-8-4-5-9(10(13)6-8)12(17)15(3)7-11(16)14-2/h4-6H,7H2,1-3H3,(H,14,16). The Labute approximate surface area is 109 Å². The highest BCUT2D eigenvalue weighted by molar-refractivity contribution is 9.10. The van der Waals surface area contributed by atoms with Crippen molar-refractivity contribution >= 4 is 27.7 Å². The first-order valence-electron chi connectivity index (χ1n) is 5.18. The lowest BCUT2D eigenvalue weighted by atomic mass is 10.1. The highest BCUT2D eigenvalue weighted by Gasteiger charge is 2.16. The fraction of sp³-hybridized carbons (Fsp3) is 0.333. The minimum Gasteiger partial charge on any atom is -0.358 e. The average molecular weight is 299 g/mol. The van der Waals surface area contributed by atoms with E-state index < -0.39 is 0 Å². The topological polar surface area (TPSA) is 49.4 Å². The van der Waals surface area contributed by atoms with Crippen molar-refractivity contribution < 1.29 is 9.59 Å². The van der Waals surface area contributed by atoms with Crippen LogP contribution in [0.1, 0.15) is 15.9 Å². The zero-order valence-corrected chi connectivity index (χ0v) is 11.7. The van der Waals surface area contributed by atoms with Crippen molar-refractivity contribution in [1.29, 1.82) is 0 Å². The minimum atomic E-state index is -0.191. The lowest BCUT2D eigenvalue weighted by Crippen LogP contribution is -2.37. The average Bonchev–Trinajstić information content (AvgIpc) is 2.28. The summed E-state index contributed by atoms with van der Waals surface area (Å²) in [4.78, 5) is 24.6. The lowest BCUT2D eigenvalue weighted by molar-refractivity contribution is -0.121. The van der Waals surface area contributed by atoms with Gasteiger partial charge in [-0.25, -0.2) is 0 Å². The molecule has 0 aliphatic rings. The van der Waals surface area contributed by atoms with E-state index in [1.54, 1.807) is 20.2 Å². The molecule has 2 amide bonds. The van der Waals surface area contributed by atoms with E-state index in [-0.39, 0.29) is 18.4 Å². The molecule has 1 N–H and O–H groups in total. The maximum Gasteiger partial charge on any atom is 0.255 e. The third kappa shape index (κ3) is 3.56. The second-order valence-corrected chi connectivity index (χ2v) is 4.67. The van der Waals surface area contributed by atoms with Crippen molar-refractivity contribution in [2.24, 2.45) is 0 Å². The third-order valence-electron chi connectivity index (χ3n) is 2.36. The van der Waals surface area contributed by atoms with E-state index in [0.717, 1.165) is 10.0 Å². The Morgan fingerprint density at radius 3 is 2.59 bits per heavy atom. The molecule has 0 aliphatic heterocycles. The zero-order valence-electron chi connectivity index (χ0n) is 10.1. The van der Waals surface area contributed by atoms with Crippen molar-refractivity contribution in [2.45, 2.75) is 6.92 Å². The molecule has 0 saturated carbocycles. The van der Waals surface area contributed by atoms with Gasteiger partial charge in [0.15, 0.2) is 0 Å². The number of carbonyl (C=O) groups excluding carboxylic acids is 2. The van der Waals surface area contributed by atoms with E-state index in [1.165, 1.54) is 4.90 Å². The van der Waals surface area contributed by atoms with Gasteiger partial charge in [0.1, 0.15) is 0 Å². The molecule has 92 valence electrons. The van der Waals surface area contributed by atoms with Crippen LogP contribution in [-0.4, -0.2) is 37.4 Å². The van der Waals surface area contributed by atoms with Gasteiger partial charge in [-0.3, -0.25) is 9.59 Å². The number of hydrogen-bond acceptors (Lipinski definition) is 2. The van der Waals surface area contributed by atoms with Crippen LogP contribution in [0.2, 0.25) is 0 Å². The first-order valence-corrected chi connectivity index (χ1v) is 5.97. The summed E-state index contributed by atoms with van der Waals surface area (Å²) in [6.07, 6.45) is 0. The predicted molar refractivity (Wildman–Crippen MR) is 69.9 cm³/mol. The molecule has 0 heterocycles. The molecule has 1 rings (SSSR count). The van der Waals surface area contributed by atoms with Crippen molar-refractivity contribution in [3.05, 3.63) is 33.8 Å².